The number of nitrogens with two attached hydrogens (primary N) is 1. The Hall–Kier alpha value is -1.02. The molecule has 5 rings (SSSR count). The van der Waals surface area contributed by atoms with Gasteiger partial charge in [-0.1, -0.05) is 18.2 Å². The molecule has 0 heterocycles. The van der Waals surface area contributed by atoms with Gasteiger partial charge < -0.3 is 10.5 Å². The van der Waals surface area contributed by atoms with Crippen LogP contribution >= 0.6 is 0 Å². The van der Waals surface area contributed by atoms with Gasteiger partial charge in [-0.3, -0.25) is 0 Å². The Morgan fingerprint density at radius 1 is 1.11 bits per heavy atom. The molecule has 0 saturated heterocycles. The summed E-state index contributed by atoms with van der Waals surface area (Å²) in [6.07, 6.45) is 7.72. The summed E-state index contributed by atoms with van der Waals surface area (Å²) in [5, 5.41) is 0. The van der Waals surface area contributed by atoms with Crippen LogP contribution in [0.15, 0.2) is 24.3 Å². The van der Waals surface area contributed by atoms with Crippen molar-refractivity contribution in [3.8, 4) is 5.75 Å². The van der Waals surface area contributed by atoms with E-state index in [1.807, 2.05) is 0 Å². The van der Waals surface area contributed by atoms with Crippen LogP contribution in [0.2, 0.25) is 0 Å². The first kappa shape index (κ1) is 11.8. The molecule has 4 aliphatic rings. The number of benzene rings is 1. The molecular formula is C17H23NO. The molecule has 2 N–H and O–H groups in total. The third-order valence-electron chi connectivity index (χ3n) is 5.78. The van der Waals surface area contributed by atoms with E-state index in [1.54, 1.807) is 7.11 Å². The van der Waals surface area contributed by atoms with Crippen LogP contribution in [0.5, 0.6) is 5.75 Å². The van der Waals surface area contributed by atoms with Crippen molar-refractivity contribution in [2.24, 2.45) is 17.6 Å². The summed E-state index contributed by atoms with van der Waals surface area (Å²) in [6, 6.07) is 8.60. The average Bonchev–Trinajstić information content (AvgIpc) is 2.36. The lowest BCUT2D eigenvalue weighted by molar-refractivity contribution is -0.0235. The zero-order valence-electron chi connectivity index (χ0n) is 11.7. The molecule has 0 spiro atoms. The summed E-state index contributed by atoms with van der Waals surface area (Å²) in [4.78, 5) is 0. The molecule has 1 aromatic carbocycles. The Morgan fingerprint density at radius 3 is 2.42 bits per heavy atom. The van der Waals surface area contributed by atoms with Gasteiger partial charge in [-0.2, -0.15) is 0 Å². The van der Waals surface area contributed by atoms with E-state index in [1.165, 1.54) is 37.7 Å². The smallest absolute Gasteiger partial charge is 0.122 e. The Kier molecular flexibility index (Phi) is 2.33. The van der Waals surface area contributed by atoms with Crippen molar-refractivity contribution in [3.05, 3.63) is 29.8 Å². The van der Waals surface area contributed by atoms with Gasteiger partial charge in [-0.05, 0) is 56.4 Å². The third-order valence-corrected chi connectivity index (χ3v) is 5.78. The Balaban J connectivity index is 1.81. The molecule has 4 aliphatic carbocycles. The molecule has 0 radical (unpaired) electrons. The number of methoxy groups -OCH3 is 1. The van der Waals surface area contributed by atoms with Crippen molar-refractivity contribution in [2.45, 2.75) is 49.5 Å². The summed E-state index contributed by atoms with van der Waals surface area (Å²) in [5.74, 6) is 2.75. The second kappa shape index (κ2) is 3.76. The van der Waals surface area contributed by atoms with Gasteiger partial charge in [-0.25, -0.2) is 0 Å². The summed E-state index contributed by atoms with van der Waals surface area (Å²) in [7, 11) is 1.79. The number of hydrogen-bond donors (Lipinski definition) is 1. The molecule has 2 nitrogen and oxygen atoms in total. The normalized spacial score (nSPS) is 43.5. The average molecular weight is 257 g/mol. The van der Waals surface area contributed by atoms with Gasteiger partial charge in [0.05, 0.1) is 7.11 Å². The predicted molar refractivity (Wildman–Crippen MR) is 76.3 cm³/mol. The molecule has 102 valence electrons. The van der Waals surface area contributed by atoms with Crippen molar-refractivity contribution in [1.29, 1.82) is 0 Å². The first-order valence-electron chi connectivity index (χ1n) is 7.55. The SMILES string of the molecule is COc1ccccc1C12CC3CC(CC(N)(C3)C1)C2. The molecule has 4 fully saturated rings. The van der Waals surface area contributed by atoms with Gasteiger partial charge in [-0.15, -0.1) is 0 Å². The molecule has 19 heavy (non-hydrogen) atoms. The molecule has 2 unspecified atom stereocenters. The zero-order chi connectivity index (χ0) is 13.1. The highest BCUT2D eigenvalue weighted by Gasteiger charge is 2.57. The van der Waals surface area contributed by atoms with Crippen LogP contribution in [-0.2, 0) is 5.41 Å². The largest absolute Gasteiger partial charge is 0.496 e. The summed E-state index contributed by atoms with van der Waals surface area (Å²) in [5.41, 5.74) is 8.51. The van der Waals surface area contributed by atoms with Crippen LogP contribution in [0, 0.1) is 11.8 Å². The van der Waals surface area contributed by atoms with Crippen LogP contribution in [0.1, 0.15) is 44.1 Å². The van der Waals surface area contributed by atoms with Gasteiger partial charge in [0.25, 0.3) is 0 Å². The Labute approximate surface area is 115 Å². The zero-order valence-corrected chi connectivity index (χ0v) is 11.7. The molecule has 2 atom stereocenters. The van der Waals surface area contributed by atoms with E-state index in [0.29, 0.717) is 5.41 Å². The minimum absolute atomic E-state index is 0.102. The third kappa shape index (κ3) is 1.66. The maximum absolute atomic E-state index is 6.69. The molecule has 1 aromatic rings. The number of ether oxygens (including phenoxy) is 1. The predicted octanol–water partition coefficient (Wildman–Crippen LogP) is 3.24. The second-order valence-corrected chi connectivity index (χ2v) is 7.30. The summed E-state index contributed by atoms with van der Waals surface area (Å²) >= 11 is 0. The van der Waals surface area contributed by atoms with Crippen molar-refractivity contribution in [3.63, 3.8) is 0 Å². The van der Waals surface area contributed by atoms with Gasteiger partial charge in [0.15, 0.2) is 0 Å². The standard InChI is InChI=1S/C17H23NO/c1-19-15-5-3-2-4-14(15)16-7-12-6-13(8-16)10-17(18,9-12)11-16/h2-5,12-13H,6-11,18H2,1H3. The second-order valence-electron chi connectivity index (χ2n) is 7.30. The lowest BCUT2D eigenvalue weighted by Crippen LogP contribution is -2.61. The fourth-order valence-corrected chi connectivity index (χ4v) is 5.73. The number of hydrogen-bond acceptors (Lipinski definition) is 2. The molecule has 0 amide bonds. The fraction of sp³-hybridized carbons (Fsp3) is 0.647. The van der Waals surface area contributed by atoms with E-state index in [2.05, 4.69) is 24.3 Å². The van der Waals surface area contributed by atoms with Crippen molar-refractivity contribution in [1.82, 2.24) is 0 Å². The Bertz CT molecular complexity index is 496. The van der Waals surface area contributed by atoms with Gasteiger partial charge in [0.2, 0.25) is 0 Å². The highest BCUT2D eigenvalue weighted by atomic mass is 16.5. The maximum Gasteiger partial charge on any atom is 0.122 e. The van der Waals surface area contributed by atoms with Crippen LogP contribution in [0.4, 0.5) is 0 Å². The number of rotatable bonds is 2. The molecule has 4 saturated carbocycles. The number of para-hydroxylation sites is 1. The van der Waals surface area contributed by atoms with Crippen LogP contribution < -0.4 is 10.5 Å². The minimum Gasteiger partial charge on any atom is -0.496 e. The topological polar surface area (TPSA) is 35.2 Å². The molecule has 0 aromatic heterocycles. The molecular weight excluding hydrogens is 234 g/mol. The van der Waals surface area contributed by atoms with E-state index in [-0.39, 0.29) is 5.54 Å². The summed E-state index contributed by atoms with van der Waals surface area (Å²) in [6.45, 7) is 0. The first-order chi connectivity index (χ1) is 9.12. The highest BCUT2D eigenvalue weighted by Crippen LogP contribution is 2.62. The van der Waals surface area contributed by atoms with Gasteiger partial charge in [0.1, 0.15) is 5.75 Å². The van der Waals surface area contributed by atoms with Crippen molar-refractivity contribution < 1.29 is 4.74 Å². The monoisotopic (exact) mass is 257 g/mol. The van der Waals surface area contributed by atoms with E-state index in [0.717, 1.165) is 24.0 Å². The first-order valence-corrected chi connectivity index (χ1v) is 7.55. The molecule has 0 aliphatic heterocycles. The minimum atomic E-state index is 0.102. The highest BCUT2D eigenvalue weighted by molar-refractivity contribution is 5.42. The van der Waals surface area contributed by atoms with Crippen LogP contribution in [0.25, 0.3) is 0 Å². The quantitative estimate of drug-likeness (QED) is 0.882. The van der Waals surface area contributed by atoms with Crippen LogP contribution in [-0.4, -0.2) is 12.6 Å². The van der Waals surface area contributed by atoms with E-state index < -0.39 is 0 Å². The molecule has 2 heteroatoms. The molecule has 4 bridgehead atoms. The van der Waals surface area contributed by atoms with Crippen molar-refractivity contribution >= 4 is 0 Å². The van der Waals surface area contributed by atoms with Crippen LogP contribution in [0.3, 0.4) is 0 Å². The maximum atomic E-state index is 6.69. The van der Waals surface area contributed by atoms with E-state index in [4.69, 9.17) is 10.5 Å². The van der Waals surface area contributed by atoms with Gasteiger partial charge >= 0.3 is 0 Å². The summed E-state index contributed by atoms with van der Waals surface area (Å²) < 4.78 is 5.63. The Morgan fingerprint density at radius 2 is 1.79 bits per heavy atom. The van der Waals surface area contributed by atoms with E-state index >= 15 is 0 Å². The fourth-order valence-electron chi connectivity index (χ4n) is 5.73. The lowest BCUT2D eigenvalue weighted by Gasteiger charge is -2.61. The lowest BCUT2D eigenvalue weighted by atomic mass is 9.45. The van der Waals surface area contributed by atoms with Crippen molar-refractivity contribution in [2.75, 3.05) is 7.11 Å². The van der Waals surface area contributed by atoms with Gasteiger partial charge in [0, 0.05) is 16.5 Å². The van der Waals surface area contributed by atoms with E-state index in [9.17, 15) is 0 Å².